The Balaban J connectivity index is 3.53. The van der Waals surface area contributed by atoms with Gasteiger partial charge in [-0.25, -0.2) is 0 Å². The number of hydrogen-bond acceptors (Lipinski definition) is 3. The average molecular weight is 217 g/mol. The van der Waals surface area contributed by atoms with E-state index < -0.39 is 0 Å². The molecule has 0 amide bonds. The van der Waals surface area contributed by atoms with Crippen molar-refractivity contribution < 1.29 is 9.84 Å². The van der Waals surface area contributed by atoms with Crippen LogP contribution < -0.4 is 0 Å². The molecule has 1 atom stereocenters. The molecule has 0 aromatic rings. The van der Waals surface area contributed by atoms with E-state index in [1.807, 2.05) is 7.05 Å². The molecule has 0 rings (SSSR count). The summed E-state index contributed by atoms with van der Waals surface area (Å²) in [4.78, 5) is 2.12. The third-order valence-electron chi connectivity index (χ3n) is 2.55. The fourth-order valence-corrected chi connectivity index (χ4v) is 1.51. The zero-order chi connectivity index (χ0) is 11.5. The lowest BCUT2D eigenvalue weighted by Gasteiger charge is -2.22. The Morgan fingerprint density at radius 2 is 2.00 bits per heavy atom. The summed E-state index contributed by atoms with van der Waals surface area (Å²) >= 11 is 0. The lowest BCUT2D eigenvalue weighted by Crippen LogP contribution is -2.32. The molecule has 1 N–H and O–H groups in total. The molecule has 0 aliphatic rings. The first-order chi connectivity index (χ1) is 7.24. The van der Waals surface area contributed by atoms with Crippen molar-refractivity contribution in [1.29, 1.82) is 0 Å². The molecule has 0 aliphatic carbocycles. The van der Waals surface area contributed by atoms with Gasteiger partial charge in [0.1, 0.15) is 0 Å². The normalized spacial score (nSPS) is 13.4. The fourth-order valence-electron chi connectivity index (χ4n) is 1.51. The predicted octanol–water partition coefficient (Wildman–Crippen LogP) is 1.90. The number of hydrogen-bond donors (Lipinski definition) is 1. The predicted molar refractivity (Wildman–Crippen MR) is 64.1 cm³/mol. The van der Waals surface area contributed by atoms with Crippen molar-refractivity contribution in [3.63, 3.8) is 0 Å². The van der Waals surface area contributed by atoms with Crippen molar-refractivity contribution in [2.24, 2.45) is 0 Å². The summed E-state index contributed by atoms with van der Waals surface area (Å²) in [5.74, 6) is 0. The molecule has 0 saturated carbocycles. The molecule has 0 radical (unpaired) electrons. The van der Waals surface area contributed by atoms with E-state index in [1.165, 1.54) is 12.8 Å². The second-order valence-electron chi connectivity index (χ2n) is 4.09. The smallest absolute Gasteiger partial charge is 0.0699 e. The van der Waals surface area contributed by atoms with Gasteiger partial charge in [0, 0.05) is 19.7 Å². The molecular formula is C12H27NO2. The summed E-state index contributed by atoms with van der Waals surface area (Å²) in [6.45, 7) is 7.10. The SMILES string of the molecule is CCCCCOC(CC)CN(C)CCO. The number of aliphatic hydroxyl groups is 1. The first kappa shape index (κ1) is 14.9. The maximum absolute atomic E-state index is 8.79. The minimum Gasteiger partial charge on any atom is -0.395 e. The van der Waals surface area contributed by atoms with Crippen molar-refractivity contribution >= 4 is 0 Å². The number of aliphatic hydroxyl groups excluding tert-OH is 1. The van der Waals surface area contributed by atoms with Crippen molar-refractivity contribution in [2.45, 2.75) is 45.6 Å². The van der Waals surface area contributed by atoms with Crippen molar-refractivity contribution in [2.75, 3.05) is 33.4 Å². The Labute approximate surface area is 94.4 Å². The topological polar surface area (TPSA) is 32.7 Å². The first-order valence-electron chi connectivity index (χ1n) is 6.15. The van der Waals surface area contributed by atoms with Gasteiger partial charge < -0.3 is 14.7 Å². The molecule has 3 heteroatoms. The van der Waals surface area contributed by atoms with E-state index in [2.05, 4.69) is 18.7 Å². The van der Waals surface area contributed by atoms with E-state index in [0.29, 0.717) is 6.10 Å². The number of rotatable bonds is 10. The van der Waals surface area contributed by atoms with Crippen LogP contribution in [0.3, 0.4) is 0 Å². The number of likely N-dealkylation sites (N-methyl/N-ethyl adjacent to an activating group) is 1. The Kier molecular flexibility index (Phi) is 10.3. The minimum atomic E-state index is 0.225. The van der Waals surface area contributed by atoms with Gasteiger partial charge in [-0.05, 0) is 19.9 Å². The number of nitrogens with zero attached hydrogens (tertiary/aromatic N) is 1. The van der Waals surface area contributed by atoms with Gasteiger partial charge in [0.25, 0.3) is 0 Å². The second-order valence-corrected chi connectivity index (χ2v) is 4.09. The van der Waals surface area contributed by atoms with E-state index in [9.17, 15) is 0 Å². The van der Waals surface area contributed by atoms with Crippen LogP contribution in [-0.4, -0.2) is 49.5 Å². The summed E-state index contributed by atoms with van der Waals surface area (Å²) in [6, 6.07) is 0. The van der Waals surface area contributed by atoms with Crippen LogP contribution in [-0.2, 0) is 4.74 Å². The highest BCUT2D eigenvalue weighted by molar-refractivity contribution is 4.61. The van der Waals surface area contributed by atoms with Gasteiger partial charge in [-0.15, -0.1) is 0 Å². The standard InChI is InChI=1S/C12H27NO2/c1-4-6-7-10-15-12(5-2)11-13(3)8-9-14/h12,14H,4-11H2,1-3H3. The van der Waals surface area contributed by atoms with Gasteiger partial charge in [0.05, 0.1) is 12.7 Å². The zero-order valence-electron chi connectivity index (χ0n) is 10.5. The molecule has 1 unspecified atom stereocenters. The van der Waals surface area contributed by atoms with Gasteiger partial charge in [-0.3, -0.25) is 0 Å². The van der Waals surface area contributed by atoms with Crippen LogP contribution in [0.1, 0.15) is 39.5 Å². The molecule has 0 fully saturated rings. The maximum Gasteiger partial charge on any atom is 0.0699 e. The molecule has 0 spiro atoms. The van der Waals surface area contributed by atoms with Crippen LogP contribution in [0, 0.1) is 0 Å². The van der Waals surface area contributed by atoms with Crippen LogP contribution in [0.25, 0.3) is 0 Å². The molecule has 0 aromatic carbocycles. The third kappa shape index (κ3) is 8.85. The first-order valence-corrected chi connectivity index (χ1v) is 6.15. The average Bonchev–Trinajstić information content (AvgIpc) is 2.23. The Hall–Kier alpha value is -0.120. The van der Waals surface area contributed by atoms with Gasteiger partial charge in [0.2, 0.25) is 0 Å². The Morgan fingerprint density at radius 3 is 2.53 bits per heavy atom. The van der Waals surface area contributed by atoms with Crippen LogP contribution in [0.4, 0.5) is 0 Å². The van der Waals surface area contributed by atoms with E-state index in [0.717, 1.165) is 32.5 Å². The fraction of sp³-hybridized carbons (Fsp3) is 1.00. The number of unbranched alkanes of at least 4 members (excludes halogenated alkanes) is 2. The Bertz CT molecular complexity index is 131. The molecule has 0 heterocycles. The summed E-state index contributed by atoms with van der Waals surface area (Å²) < 4.78 is 5.79. The number of ether oxygens (including phenoxy) is 1. The van der Waals surface area contributed by atoms with Gasteiger partial charge in [-0.2, -0.15) is 0 Å². The van der Waals surface area contributed by atoms with Crippen LogP contribution in [0.5, 0.6) is 0 Å². The highest BCUT2D eigenvalue weighted by Crippen LogP contribution is 2.03. The van der Waals surface area contributed by atoms with E-state index in [-0.39, 0.29) is 6.61 Å². The van der Waals surface area contributed by atoms with Gasteiger partial charge >= 0.3 is 0 Å². The second kappa shape index (κ2) is 10.4. The van der Waals surface area contributed by atoms with E-state index in [1.54, 1.807) is 0 Å². The molecule has 0 aliphatic heterocycles. The van der Waals surface area contributed by atoms with Crippen molar-refractivity contribution in [3.8, 4) is 0 Å². The lowest BCUT2D eigenvalue weighted by molar-refractivity contribution is 0.0245. The molecule has 15 heavy (non-hydrogen) atoms. The largest absolute Gasteiger partial charge is 0.395 e. The highest BCUT2D eigenvalue weighted by Gasteiger charge is 2.09. The maximum atomic E-state index is 8.79. The van der Waals surface area contributed by atoms with Crippen LogP contribution in [0.2, 0.25) is 0 Å². The summed E-state index contributed by atoms with van der Waals surface area (Å²) in [5.41, 5.74) is 0. The molecule has 0 bridgehead atoms. The van der Waals surface area contributed by atoms with Crippen molar-refractivity contribution in [1.82, 2.24) is 4.90 Å². The van der Waals surface area contributed by atoms with Gasteiger partial charge in [0.15, 0.2) is 0 Å². The lowest BCUT2D eigenvalue weighted by atomic mass is 10.2. The monoisotopic (exact) mass is 217 g/mol. The summed E-state index contributed by atoms with van der Waals surface area (Å²) in [5, 5.41) is 8.79. The van der Waals surface area contributed by atoms with Gasteiger partial charge in [-0.1, -0.05) is 26.7 Å². The third-order valence-corrected chi connectivity index (χ3v) is 2.55. The molecule has 3 nitrogen and oxygen atoms in total. The van der Waals surface area contributed by atoms with E-state index >= 15 is 0 Å². The summed E-state index contributed by atoms with van der Waals surface area (Å²) in [6.07, 6.45) is 5.02. The summed E-state index contributed by atoms with van der Waals surface area (Å²) in [7, 11) is 2.02. The van der Waals surface area contributed by atoms with Crippen molar-refractivity contribution in [3.05, 3.63) is 0 Å². The zero-order valence-corrected chi connectivity index (χ0v) is 10.5. The molecular weight excluding hydrogens is 190 g/mol. The minimum absolute atomic E-state index is 0.225. The molecule has 0 saturated heterocycles. The van der Waals surface area contributed by atoms with E-state index in [4.69, 9.17) is 9.84 Å². The quantitative estimate of drug-likeness (QED) is 0.567. The molecule has 0 aromatic heterocycles. The molecule has 92 valence electrons. The Morgan fingerprint density at radius 1 is 1.27 bits per heavy atom. The van der Waals surface area contributed by atoms with Crippen LogP contribution >= 0.6 is 0 Å². The van der Waals surface area contributed by atoms with Crippen LogP contribution in [0.15, 0.2) is 0 Å². The highest BCUT2D eigenvalue weighted by atomic mass is 16.5.